The Hall–Kier alpha value is -3.11. The number of hydrogen-bond acceptors (Lipinski definition) is 2. The van der Waals surface area contributed by atoms with Crippen LogP contribution in [-0.4, -0.2) is 12.2 Å². The molecule has 0 atom stereocenters. The fraction of sp³-hybridized carbons (Fsp3) is 0.0800. The predicted octanol–water partition coefficient (Wildman–Crippen LogP) is 6.51. The normalized spacial score (nSPS) is 13.9. The monoisotopic (exact) mass is 401 g/mol. The summed E-state index contributed by atoms with van der Waals surface area (Å²) < 4.78 is 13.9. The lowest BCUT2D eigenvalue weighted by Gasteiger charge is -2.07. The Kier molecular flexibility index (Phi) is 5.63. The second kappa shape index (κ2) is 8.50. The Balaban J connectivity index is 1.62. The SMILES string of the molecule is CSc1ccc(C=C2C=C(CC(=O)Nc3ccccc3)c3cc(F)ccc32)cc1. The molecule has 144 valence electrons. The van der Waals surface area contributed by atoms with Gasteiger partial charge in [-0.2, -0.15) is 0 Å². The fourth-order valence-corrected chi connectivity index (χ4v) is 3.83. The van der Waals surface area contributed by atoms with Gasteiger partial charge in [-0.3, -0.25) is 4.79 Å². The smallest absolute Gasteiger partial charge is 0.228 e. The first-order valence-corrected chi connectivity index (χ1v) is 10.6. The minimum absolute atomic E-state index is 0.122. The topological polar surface area (TPSA) is 29.1 Å². The zero-order valence-electron chi connectivity index (χ0n) is 16.0. The number of fused-ring (bicyclic) bond motifs is 1. The average Bonchev–Trinajstić information content (AvgIpc) is 3.05. The van der Waals surface area contributed by atoms with E-state index in [1.807, 2.05) is 42.7 Å². The number of thioether (sulfide) groups is 1. The maximum absolute atomic E-state index is 13.9. The van der Waals surface area contributed by atoms with E-state index in [-0.39, 0.29) is 18.1 Å². The molecule has 4 rings (SSSR count). The summed E-state index contributed by atoms with van der Waals surface area (Å²) in [6, 6.07) is 22.4. The standard InChI is InChI=1S/C25H20FNOS/c1-29-22-10-7-17(8-11-22)13-18-14-19(24-16-20(26)9-12-23(18)24)15-25(28)27-21-5-3-2-4-6-21/h2-14,16H,15H2,1H3,(H,27,28). The van der Waals surface area contributed by atoms with E-state index in [2.05, 4.69) is 35.7 Å². The molecule has 1 N–H and O–H groups in total. The zero-order chi connectivity index (χ0) is 20.2. The molecule has 0 saturated heterocycles. The summed E-state index contributed by atoms with van der Waals surface area (Å²) in [6.07, 6.45) is 6.29. The minimum Gasteiger partial charge on any atom is -0.326 e. The molecule has 3 aromatic rings. The van der Waals surface area contributed by atoms with E-state index in [1.54, 1.807) is 17.8 Å². The Labute approximate surface area is 174 Å². The third-order valence-electron chi connectivity index (χ3n) is 4.81. The van der Waals surface area contributed by atoms with E-state index in [0.29, 0.717) is 0 Å². The number of amides is 1. The molecule has 0 fully saturated rings. The van der Waals surface area contributed by atoms with Gasteiger partial charge >= 0.3 is 0 Å². The second-order valence-electron chi connectivity index (χ2n) is 6.82. The molecule has 29 heavy (non-hydrogen) atoms. The average molecular weight is 402 g/mol. The number of para-hydroxylation sites is 1. The molecular formula is C25H20FNOS. The number of benzene rings is 3. The number of allylic oxidation sites excluding steroid dienone is 2. The molecule has 0 unspecified atom stereocenters. The molecule has 1 aliphatic rings. The Morgan fingerprint density at radius 1 is 1.00 bits per heavy atom. The van der Waals surface area contributed by atoms with Gasteiger partial charge in [0, 0.05) is 10.6 Å². The number of rotatable bonds is 5. The van der Waals surface area contributed by atoms with Gasteiger partial charge in [0.25, 0.3) is 0 Å². The van der Waals surface area contributed by atoms with Gasteiger partial charge in [0.15, 0.2) is 0 Å². The van der Waals surface area contributed by atoms with Crippen molar-refractivity contribution in [2.45, 2.75) is 11.3 Å². The molecule has 1 aliphatic carbocycles. The van der Waals surface area contributed by atoms with Crippen LogP contribution in [0.3, 0.4) is 0 Å². The Bertz CT molecular complexity index is 1100. The lowest BCUT2D eigenvalue weighted by Crippen LogP contribution is -2.11. The summed E-state index contributed by atoms with van der Waals surface area (Å²) in [7, 11) is 0. The highest BCUT2D eigenvalue weighted by atomic mass is 32.2. The fourth-order valence-electron chi connectivity index (χ4n) is 3.42. The molecule has 4 heteroatoms. The largest absolute Gasteiger partial charge is 0.326 e. The van der Waals surface area contributed by atoms with Crippen molar-refractivity contribution in [3.8, 4) is 0 Å². The van der Waals surface area contributed by atoms with Crippen molar-refractivity contribution < 1.29 is 9.18 Å². The van der Waals surface area contributed by atoms with Gasteiger partial charge in [-0.1, -0.05) is 36.4 Å². The summed E-state index contributed by atoms with van der Waals surface area (Å²) in [5.41, 5.74) is 5.35. The maximum atomic E-state index is 13.9. The number of anilines is 1. The van der Waals surface area contributed by atoms with Crippen LogP contribution in [0.1, 0.15) is 23.1 Å². The van der Waals surface area contributed by atoms with Crippen molar-refractivity contribution in [1.29, 1.82) is 0 Å². The quantitative estimate of drug-likeness (QED) is 0.494. The maximum Gasteiger partial charge on any atom is 0.228 e. The lowest BCUT2D eigenvalue weighted by atomic mass is 10.0. The molecule has 0 radical (unpaired) electrons. The van der Waals surface area contributed by atoms with Gasteiger partial charge in [-0.25, -0.2) is 4.39 Å². The molecular weight excluding hydrogens is 381 g/mol. The lowest BCUT2D eigenvalue weighted by molar-refractivity contribution is -0.115. The molecule has 3 aromatic carbocycles. The summed E-state index contributed by atoms with van der Waals surface area (Å²) in [5.74, 6) is -0.424. The van der Waals surface area contributed by atoms with Crippen molar-refractivity contribution >= 4 is 40.6 Å². The highest BCUT2D eigenvalue weighted by Crippen LogP contribution is 2.38. The van der Waals surface area contributed by atoms with Gasteiger partial charge < -0.3 is 5.32 Å². The third-order valence-corrected chi connectivity index (χ3v) is 5.56. The minimum atomic E-state index is -0.302. The number of hydrogen-bond donors (Lipinski definition) is 1. The summed E-state index contributed by atoms with van der Waals surface area (Å²) in [5, 5.41) is 2.90. The van der Waals surface area contributed by atoms with E-state index in [4.69, 9.17) is 0 Å². The van der Waals surface area contributed by atoms with Crippen LogP contribution in [0.5, 0.6) is 0 Å². The van der Waals surface area contributed by atoms with Crippen LogP contribution in [0.4, 0.5) is 10.1 Å². The van der Waals surface area contributed by atoms with Crippen LogP contribution in [0, 0.1) is 5.82 Å². The van der Waals surface area contributed by atoms with Gasteiger partial charge in [0.05, 0.1) is 6.42 Å². The number of nitrogens with one attached hydrogen (secondary N) is 1. The molecule has 0 spiro atoms. The van der Waals surface area contributed by atoms with E-state index in [9.17, 15) is 9.18 Å². The van der Waals surface area contributed by atoms with E-state index < -0.39 is 0 Å². The van der Waals surface area contributed by atoms with E-state index >= 15 is 0 Å². The highest BCUT2D eigenvalue weighted by molar-refractivity contribution is 7.98. The highest BCUT2D eigenvalue weighted by Gasteiger charge is 2.21. The van der Waals surface area contributed by atoms with Crippen LogP contribution in [0.2, 0.25) is 0 Å². The van der Waals surface area contributed by atoms with Gasteiger partial charge in [0.1, 0.15) is 5.82 Å². The van der Waals surface area contributed by atoms with Gasteiger partial charge in [-0.15, -0.1) is 11.8 Å². The second-order valence-corrected chi connectivity index (χ2v) is 7.70. The van der Waals surface area contributed by atoms with Crippen LogP contribution in [0.25, 0.3) is 17.2 Å². The van der Waals surface area contributed by atoms with Crippen molar-refractivity contribution in [2.24, 2.45) is 0 Å². The number of halogens is 1. The number of carbonyl (C=O) groups excluding carboxylic acids is 1. The van der Waals surface area contributed by atoms with Crippen LogP contribution in [0.15, 0.2) is 83.8 Å². The number of carbonyl (C=O) groups is 1. The van der Waals surface area contributed by atoms with Crippen molar-refractivity contribution in [1.82, 2.24) is 0 Å². The van der Waals surface area contributed by atoms with Crippen molar-refractivity contribution in [3.63, 3.8) is 0 Å². The molecule has 1 amide bonds. The first-order valence-electron chi connectivity index (χ1n) is 9.34. The molecule has 0 heterocycles. The Morgan fingerprint density at radius 2 is 1.76 bits per heavy atom. The zero-order valence-corrected chi connectivity index (χ0v) is 16.8. The summed E-state index contributed by atoms with van der Waals surface area (Å²) >= 11 is 1.70. The molecule has 0 bridgehead atoms. The van der Waals surface area contributed by atoms with Crippen LogP contribution in [-0.2, 0) is 4.79 Å². The molecule has 0 aliphatic heterocycles. The first kappa shape index (κ1) is 19.2. The van der Waals surface area contributed by atoms with Crippen LogP contribution >= 0.6 is 11.8 Å². The molecule has 0 aromatic heterocycles. The van der Waals surface area contributed by atoms with Crippen LogP contribution < -0.4 is 5.32 Å². The molecule has 2 nitrogen and oxygen atoms in total. The molecule has 0 saturated carbocycles. The predicted molar refractivity (Wildman–Crippen MR) is 120 cm³/mol. The first-order chi connectivity index (χ1) is 14.1. The van der Waals surface area contributed by atoms with E-state index in [0.717, 1.165) is 33.5 Å². The Morgan fingerprint density at radius 3 is 2.48 bits per heavy atom. The van der Waals surface area contributed by atoms with Crippen molar-refractivity contribution in [3.05, 3.63) is 101 Å². The van der Waals surface area contributed by atoms with E-state index in [1.165, 1.54) is 17.0 Å². The summed E-state index contributed by atoms with van der Waals surface area (Å²) in [4.78, 5) is 13.7. The van der Waals surface area contributed by atoms with Crippen molar-refractivity contribution in [2.75, 3.05) is 11.6 Å². The summed E-state index contributed by atoms with van der Waals surface area (Å²) in [6.45, 7) is 0. The van der Waals surface area contributed by atoms with Gasteiger partial charge in [0.2, 0.25) is 5.91 Å². The third kappa shape index (κ3) is 4.49. The van der Waals surface area contributed by atoms with Gasteiger partial charge in [-0.05, 0) is 82.6 Å².